The van der Waals surface area contributed by atoms with E-state index in [9.17, 15) is 9.59 Å². The highest BCUT2D eigenvalue weighted by Crippen LogP contribution is 2.40. The minimum Gasteiger partial charge on any atom is -0.278 e. The molecule has 1 fully saturated rings. The summed E-state index contributed by atoms with van der Waals surface area (Å²) < 4.78 is 0. The SMILES string of the molecule is O=C1CCCC(=O)N1N1Nc2cccc3cccc1c23. The minimum atomic E-state index is -0.154. The number of hydrogen-bond acceptors (Lipinski definition) is 4. The number of carbonyl (C=O) groups excluding carboxylic acids is 2. The van der Waals surface area contributed by atoms with Crippen molar-refractivity contribution in [3.8, 4) is 0 Å². The van der Waals surface area contributed by atoms with Crippen LogP contribution in [0, 0.1) is 0 Å². The number of hydrogen-bond donors (Lipinski definition) is 1. The van der Waals surface area contributed by atoms with E-state index in [-0.39, 0.29) is 11.8 Å². The minimum absolute atomic E-state index is 0.154. The van der Waals surface area contributed by atoms with Gasteiger partial charge in [-0.3, -0.25) is 15.0 Å². The maximum absolute atomic E-state index is 12.1. The van der Waals surface area contributed by atoms with Gasteiger partial charge < -0.3 is 0 Å². The summed E-state index contributed by atoms with van der Waals surface area (Å²) in [6.45, 7) is 0. The number of amides is 2. The van der Waals surface area contributed by atoms with Crippen LogP contribution in [-0.4, -0.2) is 16.8 Å². The van der Waals surface area contributed by atoms with Gasteiger partial charge in [0, 0.05) is 18.2 Å². The molecule has 0 radical (unpaired) electrons. The molecule has 100 valence electrons. The van der Waals surface area contributed by atoms with Crippen molar-refractivity contribution in [2.45, 2.75) is 19.3 Å². The number of benzene rings is 2. The van der Waals surface area contributed by atoms with E-state index in [1.807, 2.05) is 36.4 Å². The molecule has 0 atom stereocenters. The normalized spacial score (nSPS) is 17.8. The van der Waals surface area contributed by atoms with E-state index in [1.165, 1.54) is 5.01 Å². The van der Waals surface area contributed by atoms with Crippen molar-refractivity contribution in [2.24, 2.45) is 0 Å². The molecule has 2 aliphatic rings. The van der Waals surface area contributed by atoms with Crippen LogP contribution in [0.25, 0.3) is 10.8 Å². The monoisotopic (exact) mass is 267 g/mol. The van der Waals surface area contributed by atoms with Gasteiger partial charge in [0.15, 0.2) is 0 Å². The third-order valence-electron chi connectivity index (χ3n) is 3.79. The zero-order chi connectivity index (χ0) is 13.7. The number of rotatable bonds is 1. The van der Waals surface area contributed by atoms with Gasteiger partial charge in [-0.05, 0) is 23.9 Å². The van der Waals surface area contributed by atoms with Crippen LogP contribution in [-0.2, 0) is 9.59 Å². The summed E-state index contributed by atoms with van der Waals surface area (Å²) in [6, 6.07) is 11.8. The van der Waals surface area contributed by atoms with Gasteiger partial charge in [0.2, 0.25) is 11.8 Å². The second-order valence-corrected chi connectivity index (χ2v) is 5.06. The number of hydrazine groups is 2. The third kappa shape index (κ3) is 1.43. The van der Waals surface area contributed by atoms with Crippen molar-refractivity contribution >= 4 is 34.0 Å². The maximum atomic E-state index is 12.1. The van der Waals surface area contributed by atoms with Gasteiger partial charge in [-0.2, -0.15) is 10.1 Å². The Hall–Kier alpha value is -2.56. The molecule has 20 heavy (non-hydrogen) atoms. The average molecular weight is 267 g/mol. The van der Waals surface area contributed by atoms with Gasteiger partial charge in [0.05, 0.1) is 11.4 Å². The molecule has 2 aromatic rings. The highest BCUT2D eigenvalue weighted by atomic mass is 16.2. The van der Waals surface area contributed by atoms with Crippen molar-refractivity contribution in [3.63, 3.8) is 0 Å². The molecule has 2 amide bonds. The Kier molecular flexibility index (Phi) is 2.24. The van der Waals surface area contributed by atoms with Crippen molar-refractivity contribution < 1.29 is 9.59 Å². The van der Waals surface area contributed by atoms with Gasteiger partial charge in [-0.15, -0.1) is 0 Å². The van der Waals surface area contributed by atoms with E-state index in [1.54, 1.807) is 5.12 Å². The van der Waals surface area contributed by atoms with Crippen molar-refractivity contribution in [3.05, 3.63) is 36.4 Å². The van der Waals surface area contributed by atoms with Gasteiger partial charge in [-0.25, -0.2) is 0 Å². The Morgan fingerprint density at radius 2 is 1.65 bits per heavy atom. The van der Waals surface area contributed by atoms with Crippen molar-refractivity contribution in [2.75, 3.05) is 10.5 Å². The van der Waals surface area contributed by atoms with Crippen LogP contribution >= 0.6 is 0 Å². The number of imide groups is 1. The quantitative estimate of drug-likeness (QED) is 0.806. The van der Waals surface area contributed by atoms with Crippen LogP contribution in [0.4, 0.5) is 11.4 Å². The summed E-state index contributed by atoms with van der Waals surface area (Å²) >= 11 is 0. The molecule has 0 unspecified atom stereocenters. The highest BCUT2D eigenvalue weighted by molar-refractivity contribution is 6.10. The van der Waals surface area contributed by atoms with Gasteiger partial charge in [-0.1, -0.05) is 24.3 Å². The van der Waals surface area contributed by atoms with Crippen LogP contribution in [0.2, 0.25) is 0 Å². The number of nitrogens with zero attached hydrogens (tertiary/aromatic N) is 2. The lowest BCUT2D eigenvalue weighted by molar-refractivity contribution is -0.148. The lowest BCUT2D eigenvalue weighted by atomic mass is 10.1. The van der Waals surface area contributed by atoms with Crippen LogP contribution < -0.4 is 10.5 Å². The Morgan fingerprint density at radius 3 is 2.40 bits per heavy atom. The third-order valence-corrected chi connectivity index (χ3v) is 3.79. The molecule has 0 aromatic heterocycles. The number of nitrogens with one attached hydrogen (secondary N) is 1. The zero-order valence-corrected chi connectivity index (χ0v) is 10.8. The maximum Gasteiger partial charge on any atom is 0.249 e. The fourth-order valence-electron chi connectivity index (χ4n) is 2.89. The molecule has 2 heterocycles. The summed E-state index contributed by atoms with van der Waals surface area (Å²) in [5.74, 6) is -0.308. The van der Waals surface area contributed by atoms with Gasteiger partial charge >= 0.3 is 0 Å². The molecule has 0 spiro atoms. The van der Waals surface area contributed by atoms with E-state index >= 15 is 0 Å². The average Bonchev–Trinajstić information content (AvgIpc) is 2.80. The first-order valence-electron chi connectivity index (χ1n) is 6.70. The van der Waals surface area contributed by atoms with Crippen LogP contribution in [0.5, 0.6) is 0 Å². The molecule has 0 bridgehead atoms. The largest absolute Gasteiger partial charge is 0.278 e. The van der Waals surface area contributed by atoms with Gasteiger partial charge in [0.25, 0.3) is 0 Å². The Balaban J connectivity index is 1.86. The summed E-state index contributed by atoms with van der Waals surface area (Å²) in [5, 5.41) is 4.95. The molecular weight excluding hydrogens is 254 g/mol. The highest BCUT2D eigenvalue weighted by Gasteiger charge is 2.35. The Labute approximate surface area is 115 Å². The van der Waals surface area contributed by atoms with E-state index in [0.717, 1.165) is 22.1 Å². The molecule has 0 aliphatic carbocycles. The lowest BCUT2D eigenvalue weighted by Crippen LogP contribution is -2.53. The van der Waals surface area contributed by atoms with E-state index in [4.69, 9.17) is 0 Å². The second kappa shape index (κ2) is 3.96. The Bertz CT molecular complexity index is 720. The van der Waals surface area contributed by atoms with Crippen LogP contribution in [0.3, 0.4) is 0 Å². The predicted molar refractivity (Wildman–Crippen MR) is 75.8 cm³/mol. The number of piperidine rings is 1. The summed E-state index contributed by atoms with van der Waals surface area (Å²) in [7, 11) is 0. The number of anilines is 2. The fourth-order valence-corrected chi connectivity index (χ4v) is 2.89. The lowest BCUT2D eigenvalue weighted by Gasteiger charge is -2.34. The zero-order valence-electron chi connectivity index (χ0n) is 10.8. The van der Waals surface area contributed by atoms with Crippen molar-refractivity contribution in [1.29, 1.82) is 0 Å². The summed E-state index contributed by atoms with van der Waals surface area (Å²) in [5.41, 5.74) is 4.93. The van der Waals surface area contributed by atoms with E-state index in [0.29, 0.717) is 19.3 Å². The molecular formula is C15H13N3O2. The Morgan fingerprint density at radius 1 is 0.950 bits per heavy atom. The molecule has 2 aliphatic heterocycles. The summed E-state index contributed by atoms with van der Waals surface area (Å²) in [6.07, 6.45) is 1.46. The van der Waals surface area contributed by atoms with Crippen LogP contribution in [0.15, 0.2) is 36.4 Å². The first-order valence-corrected chi connectivity index (χ1v) is 6.70. The fraction of sp³-hybridized carbons (Fsp3) is 0.200. The molecule has 1 saturated heterocycles. The molecule has 0 saturated carbocycles. The van der Waals surface area contributed by atoms with Gasteiger partial charge in [0.1, 0.15) is 0 Å². The smallest absolute Gasteiger partial charge is 0.249 e. The molecule has 1 N–H and O–H groups in total. The van der Waals surface area contributed by atoms with Crippen molar-refractivity contribution in [1.82, 2.24) is 5.01 Å². The predicted octanol–water partition coefficient (Wildman–Crippen LogP) is 2.44. The molecule has 5 nitrogen and oxygen atoms in total. The first-order chi connectivity index (χ1) is 9.75. The topological polar surface area (TPSA) is 52.7 Å². The van der Waals surface area contributed by atoms with Crippen LogP contribution in [0.1, 0.15) is 19.3 Å². The molecule has 4 rings (SSSR count). The second-order valence-electron chi connectivity index (χ2n) is 5.06. The van der Waals surface area contributed by atoms with E-state index in [2.05, 4.69) is 5.43 Å². The number of carbonyl (C=O) groups is 2. The van der Waals surface area contributed by atoms with E-state index < -0.39 is 0 Å². The first kappa shape index (κ1) is 11.3. The summed E-state index contributed by atoms with van der Waals surface area (Å²) in [4.78, 5) is 24.2. The standard InChI is InChI=1S/C15H13N3O2/c19-13-8-3-9-14(20)17(13)18-12-7-2-5-10-4-1-6-11(16-18)15(10)12/h1-2,4-7,16H,3,8-9H2. The molecule has 2 aromatic carbocycles. The molecule has 5 heteroatoms.